The van der Waals surface area contributed by atoms with Crippen molar-refractivity contribution in [2.45, 2.75) is 19.3 Å². The quantitative estimate of drug-likeness (QED) is 0.687. The second kappa shape index (κ2) is 6.42. The van der Waals surface area contributed by atoms with E-state index in [1.165, 1.54) is 24.5 Å². The Hall–Kier alpha value is -2.32. The van der Waals surface area contributed by atoms with Gasteiger partial charge in [0.25, 0.3) is 6.26 Å². The minimum absolute atomic E-state index is 0.212. The van der Waals surface area contributed by atoms with Crippen molar-refractivity contribution in [2.24, 2.45) is 0 Å². The lowest BCUT2D eigenvalue weighted by molar-refractivity contribution is -0.133. The van der Waals surface area contributed by atoms with Gasteiger partial charge in [0.2, 0.25) is 0 Å². The van der Waals surface area contributed by atoms with Crippen LogP contribution >= 0.6 is 11.6 Å². The van der Waals surface area contributed by atoms with Crippen LogP contribution in [0.25, 0.3) is 0 Å². The molecule has 1 aliphatic rings. The fourth-order valence-electron chi connectivity index (χ4n) is 2.26. The van der Waals surface area contributed by atoms with Gasteiger partial charge in [-0.1, -0.05) is 30.7 Å². The molecular formula is C15H12ClFN2O2. The van der Waals surface area contributed by atoms with Crippen molar-refractivity contribution in [2.75, 3.05) is 0 Å². The summed E-state index contributed by atoms with van der Waals surface area (Å²) in [6, 6.07) is 3.98. The summed E-state index contributed by atoms with van der Waals surface area (Å²) < 4.78 is 17.6. The molecule has 0 saturated heterocycles. The average molecular weight is 307 g/mol. The normalized spacial score (nSPS) is 17.1. The summed E-state index contributed by atoms with van der Waals surface area (Å²) in [5.74, 6) is -1.69. The van der Waals surface area contributed by atoms with E-state index >= 15 is 0 Å². The smallest absolute Gasteiger partial charge is 0.352 e. The predicted molar refractivity (Wildman–Crippen MR) is 75.4 cm³/mol. The van der Waals surface area contributed by atoms with Crippen LogP contribution in [0.4, 0.5) is 4.39 Å². The van der Waals surface area contributed by atoms with Crippen LogP contribution in [0.15, 0.2) is 41.7 Å². The maximum absolute atomic E-state index is 13.2. The third-order valence-corrected chi connectivity index (χ3v) is 3.52. The summed E-state index contributed by atoms with van der Waals surface area (Å²) in [6.07, 6.45) is 5.33. The molecule has 0 fully saturated rings. The Morgan fingerprint density at radius 1 is 1.57 bits per heavy atom. The molecule has 6 heteroatoms. The van der Waals surface area contributed by atoms with Crippen LogP contribution in [0.3, 0.4) is 0 Å². The van der Waals surface area contributed by atoms with E-state index < -0.39 is 17.7 Å². The highest BCUT2D eigenvalue weighted by Gasteiger charge is 2.29. The van der Waals surface area contributed by atoms with Gasteiger partial charge in [-0.15, -0.1) is 5.26 Å². The number of allylic oxidation sites excluding steroid dienone is 2. The Morgan fingerprint density at radius 3 is 2.95 bits per heavy atom. The summed E-state index contributed by atoms with van der Waals surface area (Å²) in [5, 5.41) is 11.7. The summed E-state index contributed by atoms with van der Waals surface area (Å²) in [7, 11) is 0. The standard InChI is InChI=1S/C15H12ClFN2O2/c1-2-13-14(15(20)21-8-18)11(5-6-19-13)10-4-3-9(17)7-12(10)16/h3-7,11,19H,2H2,1H3. The molecule has 1 N–H and O–H groups in total. The molecule has 1 aromatic carbocycles. The van der Waals surface area contributed by atoms with Gasteiger partial charge in [-0.3, -0.25) is 0 Å². The van der Waals surface area contributed by atoms with E-state index in [0.717, 1.165) is 0 Å². The van der Waals surface area contributed by atoms with E-state index in [-0.39, 0.29) is 5.02 Å². The molecule has 1 heterocycles. The highest BCUT2D eigenvalue weighted by molar-refractivity contribution is 6.31. The molecule has 0 aliphatic carbocycles. The first kappa shape index (κ1) is 15.1. The fraction of sp³-hybridized carbons (Fsp3) is 0.200. The summed E-state index contributed by atoms with van der Waals surface area (Å²) in [5.41, 5.74) is 1.52. The molecule has 21 heavy (non-hydrogen) atoms. The number of hydrogen-bond acceptors (Lipinski definition) is 4. The van der Waals surface area contributed by atoms with Crippen molar-refractivity contribution >= 4 is 17.6 Å². The number of dihydropyridines is 1. The summed E-state index contributed by atoms with van der Waals surface area (Å²) in [4.78, 5) is 12.0. The van der Waals surface area contributed by atoms with Gasteiger partial charge in [0.05, 0.1) is 5.57 Å². The Kier molecular flexibility index (Phi) is 4.61. The van der Waals surface area contributed by atoms with Gasteiger partial charge in [-0.05, 0) is 30.3 Å². The average Bonchev–Trinajstić information content (AvgIpc) is 2.46. The molecule has 0 spiro atoms. The number of benzene rings is 1. The molecular weight excluding hydrogens is 295 g/mol. The highest BCUT2D eigenvalue weighted by Crippen LogP contribution is 2.36. The van der Waals surface area contributed by atoms with Crippen molar-refractivity contribution in [1.82, 2.24) is 5.32 Å². The minimum Gasteiger partial charge on any atom is -0.365 e. The zero-order chi connectivity index (χ0) is 15.4. The van der Waals surface area contributed by atoms with Gasteiger partial charge < -0.3 is 10.1 Å². The maximum atomic E-state index is 13.2. The number of nitriles is 1. The van der Waals surface area contributed by atoms with Crippen LogP contribution in [0, 0.1) is 17.3 Å². The first-order valence-corrected chi connectivity index (χ1v) is 6.67. The van der Waals surface area contributed by atoms with Crippen LogP contribution < -0.4 is 5.32 Å². The Labute approximate surface area is 126 Å². The number of ether oxygens (including phenoxy) is 1. The van der Waals surface area contributed by atoms with E-state index in [4.69, 9.17) is 16.9 Å². The third kappa shape index (κ3) is 3.06. The molecule has 0 bridgehead atoms. The zero-order valence-corrected chi connectivity index (χ0v) is 11.9. The molecule has 0 amide bonds. The molecule has 1 aliphatic heterocycles. The molecule has 1 unspecified atom stereocenters. The first-order valence-electron chi connectivity index (χ1n) is 6.30. The second-order valence-electron chi connectivity index (χ2n) is 4.37. The van der Waals surface area contributed by atoms with Crippen molar-refractivity contribution in [3.05, 3.63) is 58.1 Å². The topological polar surface area (TPSA) is 62.1 Å². The lowest BCUT2D eigenvalue weighted by atomic mass is 9.87. The Balaban J connectivity index is 2.51. The lowest BCUT2D eigenvalue weighted by Gasteiger charge is -2.24. The van der Waals surface area contributed by atoms with Gasteiger partial charge in [-0.2, -0.15) is 0 Å². The molecule has 0 saturated carbocycles. The van der Waals surface area contributed by atoms with Crippen molar-refractivity contribution in [3.8, 4) is 6.26 Å². The molecule has 2 rings (SSSR count). The number of hydrogen-bond donors (Lipinski definition) is 1. The zero-order valence-electron chi connectivity index (χ0n) is 11.2. The molecule has 4 nitrogen and oxygen atoms in total. The fourth-order valence-corrected chi connectivity index (χ4v) is 2.54. The van der Waals surface area contributed by atoms with Crippen LogP contribution in [0.1, 0.15) is 24.8 Å². The lowest BCUT2D eigenvalue weighted by Crippen LogP contribution is -2.23. The van der Waals surface area contributed by atoms with Gasteiger partial charge in [0.1, 0.15) is 5.82 Å². The van der Waals surface area contributed by atoms with Crippen LogP contribution in [-0.2, 0) is 9.53 Å². The maximum Gasteiger partial charge on any atom is 0.352 e. The number of esters is 1. The second-order valence-corrected chi connectivity index (χ2v) is 4.78. The third-order valence-electron chi connectivity index (χ3n) is 3.19. The Bertz CT molecular complexity index is 677. The van der Waals surface area contributed by atoms with Gasteiger partial charge >= 0.3 is 5.97 Å². The van der Waals surface area contributed by atoms with Gasteiger partial charge in [0, 0.05) is 16.6 Å². The minimum atomic E-state index is -0.739. The van der Waals surface area contributed by atoms with Gasteiger partial charge in [0.15, 0.2) is 0 Å². The molecule has 1 atom stereocenters. The number of nitrogens with zero attached hydrogens (tertiary/aromatic N) is 1. The SMILES string of the molecule is CCC1=C(C(=O)OC#N)C(c2ccc(F)cc2Cl)C=CN1. The van der Waals surface area contributed by atoms with Crippen LogP contribution in [-0.4, -0.2) is 5.97 Å². The summed E-state index contributed by atoms with van der Waals surface area (Å²) >= 11 is 6.07. The molecule has 0 aromatic heterocycles. The predicted octanol–water partition coefficient (Wildman–Crippen LogP) is 3.37. The molecule has 0 radical (unpaired) electrons. The number of halogens is 2. The van der Waals surface area contributed by atoms with E-state index in [2.05, 4.69) is 10.1 Å². The molecule has 108 valence electrons. The van der Waals surface area contributed by atoms with Gasteiger partial charge in [-0.25, -0.2) is 9.18 Å². The molecule has 1 aromatic rings. The number of rotatable bonds is 3. The van der Waals surface area contributed by atoms with Crippen molar-refractivity contribution < 1.29 is 13.9 Å². The number of carbonyl (C=O) groups excluding carboxylic acids is 1. The number of nitrogens with one attached hydrogen (secondary N) is 1. The Morgan fingerprint density at radius 2 is 2.33 bits per heavy atom. The van der Waals surface area contributed by atoms with E-state index in [9.17, 15) is 9.18 Å². The van der Waals surface area contributed by atoms with Crippen LogP contribution in [0.5, 0.6) is 0 Å². The van der Waals surface area contributed by atoms with Crippen molar-refractivity contribution in [3.63, 3.8) is 0 Å². The number of carbonyl (C=O) groups is 1. The van der Waals surface area contributed by atoms with Crippen molar-refractivity contribution in [1.29, 1.82) is 5.26 Å². The van der Waals surface area contributed by atoms with Crippen LogP contribution in [0.2, 0.25) is 5.02 Å². The largest absolute Gasteiger partial charge is 0.365 e. The highest BCUT2D eigenvalue weighted by atomic mass is 35.5. The van der Waals surface area contributed by atoms with E-state index in [1.807, 2.05) is 6.92 Å². The first-order chi connectivity index (χ1) is 10.1. The van der Waals surface area contributed by atoms with E-state index in [1.54, 1.807) is 12.3 Å². The monoisotopic (exact) mass is 306 g/mol. The van der Waals surface area contributed by atoms with E-state index in [0.29, 0.717) is 23.3 Å². The summed E-state index contributed by atoms with van der Waals surface area (Å²) in [6.45, 7) is 1.87.